The Morgan fingerprint density at radius 3 is 2.58 bits per heavy atom. The molecule has 0 spiro atoms. The Bertz CT molecular complexity index is 653. The highest BCUT2D eigenvalue weighted by Gasteiger charge is 2.14. The maximum Gasteiger partial charge on any atom is 0.356 e. The summed E-state index contributed by atoms with van der Waals surface area (Å²) >= 11 is 1.29. The van der Waals surface area contributed by atoms with Gasteiger partial charge >= 0.3 is 5.97 Å². The third-order valence-electron chi connectivity index (χ3n) is 2.48. The zero-order valence-electron chi connectivity index (χ0n) is 10.5. The van der Waals surface area contributed by atoms with Crippen molar-refractivity contribution in [3.05, 3.63) is 52.4 Å². The summed E-state index contributed by atoms with van der Waals surface area (Å²) < 4.78 is 6.03. The van der Waals surface area contributed by atoms with E-state index in [2.05, 4.69) is 9.72 Å². The van der Waals surface area contributed by atoms with Gasteiger partial charge < -0.3 is 4.74 Å². The topological polar surface area (TPSA) is 61.2 Å². The molecule has 2 aromatic rings. The second-order valence-corrected chi connectivity index (χ2v) is 4.40. The minimum Gasteiger partial charge on any atom is -0.464 e. The van der Waals surface area contributed by atoms with E-state index in [0.29, 0.717) is 10.8 Å². The number of carbonyl (C=O) groups is 1. The number of rotatable bonds is 3. The van der Waals surface area contributed by atoms with Crippen LogP contribution in [0, 0.1) is 0 Å². The van der Waals surface area contributed by atoms with Gasteiger partial charge in [0.05, 0.1) is 12.8 Å². The van der Waals surface area contributed by atoms with Gasteiger partial charge in [0, 0.05) is 6.07 Å². The van der Waals surface area contributed by atoms with Gasteiger partial charge in [-0.25, -0.2) is 9.78 Å². The Kier molecular flexibility index (Phi) is 4.01. The molecule has 0 atom stereocenters. The molecular formula is C13H12N2O3S. The van der Waals surface area contributed by atoms with Crippen LogP contribution in [0.25, 0.3) is 5.69 Å². The SMILES string of the molecule is COC(=O)c1cc(=O)n(-c2ccccc2)c(SC)n1. The third kappa shape index (κ3) is 2.68. The lowest BCUT2D eigenvalue weighted by Crippen LogP contribution is -2.23. The molecule has 0 radical (unpaired) electrons. The fourth-order valence-electron chi connectivity index (χ4n) is 1.62. The highest BCUT2D eigenvalue weighted by molar-refractivity contribution is 7.98. The largest absolute Gasteiger partial charge is 0.464 e. The van der Waals surface area contributed by atoms with Crippen molar-refractivity contribution in [3.63, 3.8) is 0 Å². The molecule has 1 aromatic carbocycles. The molecule has 0 unspecified atom stereocenters. The minimum atomic E-state index is -0.618. The number of thioether (sulfide) groups is 1. The molecule has 0 amide bonds. The van der Waals surface area contributed by atoms with Crippen LogP contribution in [0.3, 0.4) is 0 Å². The highest BCUT2D eigenvalue weighted by atomic mass is 32.2. The van der Waals surface area contributed by atoms with Gasteiger partial charge in [0.2, 0.25) is 0 Å². The summed E-state index contributed by atoms with van der Waals surface area (Å²) in [5.74, 6) is -0.618. The molecule has 0 aliphatic rings. The fraction of sp³-hybridized carbons (Fsp3) is 0.154. The Morgan fingerprint density at radius 1 is 1.32 bits per heavy atom. The predicted octanol–water partition coefficient (Wildman–Crippen LogP) is 1.74. The summed E-state index contributed by atoms with van der Waals surface area (Å²) in [5, 5.41) is 0.444. The van der Waals surface area contributed by atoms with E-state index < -0.39 is 5.97 Å². The summed E-state index contributed by atoms with van der Waals surface area (Å²) in [7, 11) is 1.26. The number of nitrogens with zero attached hydrogens (tertiary/aromatic N) is 2. The van der Waals surface area contributed by atoms with E-state index in [9.17, 15) is 9.59 Å². The lowest BCUT2D eigenvalue weighted by atomic mass is 10.3. The van der Waals surface area contributed by atoms with E-state index >= 15 is 0 Å². The van der Waals surface area contributed by atoms with Crippen molar-refractivity contribution in [2.75, 3.05) is 13.4 Å². The van der Waals surface area contributed by atoms with Gasteiger partial charge in [0.25, 0.3) is 5.56 Å². The van der Waals surface area contributed by atoms with Gasteiger partial charge in [-0.05, 0) is 18.4 Å². The number of ether oxygens (including phenoxy) is 1. The van der Waals surface area contributed by atoms with Gasteiger partial charge in [-0.2, -0.15) is 0 Å². The molecule has 1 aromatic heterocycles. The van der Waals surface area contributed by atoms with Crippen LogP contribution < -0.4 is 5.56 Å². The van der Waals surface area contributed by atoms with Crippen molar-refractivity contribution in [2.24, 2.45) is 0 Å². The second-order valence-electron chi connectivity index (χ2n) is 3.63. The van der Waals surface area contributed by atoms with Crippen LogP contribution in [0.5, 0.6) is 0 Å². The van der Waals surface area contributed by atoms with Gasteiger partial charge in [-0.15, -0.1) is 0 Å². The number of carbonyl (C=O) groups excluding carboxylic acids is 1. The molecule has 98 valence electrons. The molecule has 19 heavy (non-hydrogen) atoms. The van der Waals surface area contributed by atoms with E-state index in [1.54, 1.807) is 18.4 Å². The first-order chi connectivity index (χ1) is 9.17. The molecule has 1 heterocycles. The third-order valence-corrected chi connectivity index (χ3v) is 3.12. The van der Waals surface area contributed by atoms with Crippen LogP contribution in [0.1, 0.15) is 10.5 Å². The lowest BCUT2D eigenvalue weighted by Gasteiger charge is -2.10. The van der Waals surface area contributed by atoms with Crippen LogP contribution in [0.2, 0.25) is 0 Å². The summed E-state index contributed by atoms with van der Waals surface area (Å²) in [4.78, 5) is 27.7. The molecule has 5 nitrogen and oxygen atoms in total. The normalized spacial score (nSPS) is 10.2. The van der Waals surface area contributed by atoms with E-state index in [1.165, 1.54) is 29.5 Å². The Labute approximate surface area is 114 Å². The van der Waals surface area contributed by atoms with Gasteiger partial charge in [-0.1, -0.05) is 30.0 Å². The minimum absolute atomic E-state index is 0.0176. The Balaban J connectivity index is 2.63. The molecule has 0 saturated heterocycles. The number of esters is 1. The van der Waals surface area contributed by atoms with E-state index in [0.717, 1.165) is 0 Å². The number of hydrogen-bond acceptors (Lipinski definition) is 5. The number of benzene rings is 1. The molecular weight excluding hydrogens is 264 g/mol. The second kappa shape index (κ2) is 5.71. The van der Waals surface area contributed by atoms with Crippen molar-refractivity contribution in [1.82, 2.24) is 9.55 Å². The van der Waals surface area contributed by atoms with Crippen molar-refractivity contribution < 1.29 is 9.53 Å². The summed E-state index contributed by atoms with van der Waals surface area (Å²) in [6, 6.07) is 10.3. The van der Waals surface area contributed by atoms with Crippen LogP contribution in [0.4, 0.5) is 0 Å². The Hall–Kier alpha value is -2.08. The van der Waals surface area contributed by atoms with Crippen LogP contribution >= 0.6 is 11.8 Å². The van der Waals surface area contributed by atoms with E-state index in [1.807, 2.05) is 18.2 Å². The first-order valence-corrected chi connectivity index (χ1v) is 6.71. The predicted molar refractivity (Wildman–Crippen MR) is 73.0 cm³/mol. The summed E-state index contributed by atoms with van der Waals surface area (Å²) in [5.41, 5.74) is 0.413. The number of aromatic nitrogens is 2. The molecule has 0 fully saturated rings. The molecule has 0 bridgehead atoms. The van der Waals surface area contributed by atoms with Gasteiger partial charge in [0.1, 0.15) is 0 Å². The van der Waals surface area contributed by atoms with Crippen LogP contribution in [0.15, 0.2) is 46.3 Å². The fourth-order valence-corrected chi connectivity index (χ4v) is 2.19. The lowest BCUT2D eigenvalue weighted by molar-refractivity contribution is 0.0592. The number of methoxy groups -OCH3 is 1. The van der Waals surface area contributed by atoms with Gasteiger partial charge in [0.15, 0.2) is 10.9 Å². The molecule has 0 aliphatic carbocycles. The maximum absolute atomic E-state index is 12.1. The summed E-state index contributed by atoms with van der Waals surface area (Å²) in [6.45, 7) is 0. The zero-order chi connectivity index (χ0) is 13.8. The van der Waals surface area contributed by atoms with E-state index in [-0.39, 0.29) is 11.3 Å². The molecule has 0 N–H and O–H groups in total. The molecule has 0 saturated carbocycles. The molecule has 0 aliphatic heterocycles. The van der Waals surface area contributed by atoms with Crippen molar-refractivity contribution in [3.8, 4) is 5.69 Å². The highest BCUT2D eigenvalue weighted by Crippen LogP contribution is 2.15. The quantitative estimate of drug-likeness (QED) is 0.485. The zero-order valence-corrected chi connectivity index (χ0v) is 11.3. The number of hydrogen-bond donors (Lipinski definition) is 0. The summed E-state index contributed by atoms with van der Waals surface area (Å²) in [6.07, 6.45) is 1.79. The van der Waals surface area contributed by atoms with E-state index in [4.69, 9.17) is 0 Å². The molecule has 2 rings (SSSR count). The first-order valence-electron chi connectivity index (χ1n) is 5.49. The average Bonchev–Trinajstić information content (AvgIpc) is 2.46. The standard InChI is InChI=1S/C13H12N2O3S/c1-18-12(17)10-8-11(16)15(13(14-10)19-2)9-6-4-3-5-7-9/h3-8H,1-2H3. The van der Waals surface area contributed by atoms with Gasteiger partial charge in [-0.3, -0.25) is 9.36 Å². The first kappa shape index (κ1) is 13.4. The van der Waals surface area contributed by atoms with Crippen molar-refractivity contribution in [1.29, 1.82) is 0 Å². The Morgan fingerprint density at radius 2 is 2.00 bits per heavy atom. The van der Waals surface area contributed by atoms with Crippen LogP contribution in [-0.4, -0.2) is 28.9 Å². The smallest absolute Gasteiger partial charge is 0.356 e. The maximum atomic E-state index is 12.1. The molecule has 6 heteroatoms. The number of para-hydroxylation sites is 1. The van der Waals surface area contributed by atoms with Crippen LogP contribution in [-0.2, 0) is 4.74 Å². The van der Waals surface area contributed by atoms with Crippen molar-refractivity contribution in [2.45, 2.75) is 5.16 Å². The average molecular weight is 276 g/mol. The monoisotopic (exact) mass is 276 g/mol. The van der Waals surface area contributed by atoms with Crippen molar-refractivity contribution >= 4 is 17.7 Å².